The molecule has 0 saturated carbocycles. The minimum absolute atomic E-state index is 0.184. The minimum atomic E-state index is -0.496. The number of amides is 1. The molecule has 9 heteroatoms. The van der Waals surface area contributed by atoms with Crippen molar-refractivity contribution in [3.8, 4) is 11.5 Å². The summed E-state index contributed by atoms with van der Waals surface area (Å²) in [5.74, 6) is 0.323. The number of nitrogens with one attached hydrogen (secondary N) is 1. The molecule has 0 aliphatic carbocycles. The number of hydrogen-bond acceptors (Lipinski definition) is 5. The van der Waals surface area contributed by atoms with E-state index in [0.29, 0.717) is 21.3 Å². The Morgan fingerprint density at radius 2 is 1.86 bits per heavy atom. The van der Waals surface area contributed by atoms with Crippen LogP contribution in [0.3, 0.4) is 0 Å². The Hall–Kier alpha value is -2.24. The molecule has 3 rings (SSSR count). The van der Waals surface area contributed by atoms with Crippen molar-refractivity contribution in [1.29, 1.82) is 0 Å². The molecule has 0 aliphatic rings. The molecular formula is C26H23Br2IN2O4. The lowest BCUT2D eigenvalue weighted by Gasteiger charge is -2.14. The van der Waals surface area contributed by atoms with E-state index in [1.165, 1.54) is 6.21 Å². The van der Waals surface area contributed by atoms with Crippen molar-refractivity contribution >= 4 is 72.5 Å². The van der Waals surface area contributed by atoms with Crippen molar-refractivity contribution in [3.63, 3.8) is 0 Å². The maximum atomic E-state index is 12.7. The number of halogens is 3. The quantitative estimate of drug-likeness (QED) is 0.0898. The lowest BCUT2D eigenvalue weighted by atomic mass is 10.0. The first kappa shape index (κ1) is 27.3. The van der Waals surface area contributed by atoms with Crippen LogP contribution >= 0.6 is 54.5 Å². The highest BCUT2D eigenvalue weighted by molar-refractivity contribution is 14.1. The van der Waals surface area contributed by atoms with E-state index in [9.17, 15) is 9.59 Å². The second-order valence-corrected chi connectivity index (χ2v) is 10.9. The van der Waals surface area contributed by atoms with Crippen LogP contribution in [0.15, 0.2) is 68.6 Å². The van der Waals surface area contributed by atoms with Gasteiger partial charge in [0.1, 0.15) is 5.75 Å². The summed E-state index contributed by atoms with van der Waals surface area (Å²) in [6.45, 7) is 5.93. The number of rotatable bonds is 8. The highest BCUT2D eigenvalue weighted by Crippen LogP contribution is 2.33. The summed E-state index contributed by atoms with van der Waals surface area (Å²) >= 11 is 8.94. The molecule has 0 aromatic heterocycles. The van der Waals surface area contributed by atoms with Gasteiger partial charge in [-0.1, -0.05) is 54.0 Å². The maximum Gasteiger partial charge on any atom is 0.344 e. The van der Waals surface area contributed by atoms with Crippen LogP contribution in [0.25, 0.3) is 0 Å². The van der Waals surface area contributed by atoms with Crippen molar-refractivity contribution < 1.29 is 19.1 Å². The van der Waals surface area contributed by atoms with Gasteiger partial charge in [0.15, 0.2) is 12.4 Å². The number of carbonyl (C=O) groups excluding carboxylic acids is 2. The van der Waals surface area contributed by atoms with Crippen molar-refractivity contribution in [1.82, 2.24) is 5.43 Å². The third kappa shape index (κ3) is 7.62. The van der Waals surface area contributed by atoms with Crippen LogP contribution in [0.1, 0.15) is 46.8 Å². The number of hydrazone groups is 1. The van der Waals surface area contributed by atoms with Gasteiger partial charge in [-0.25, -0.2) is 10.2 Å². The van der Waals surface area contributed by atoms with Gasteiger partial charge in [-0.2, -0.15) is 5.10 Å². The summed E-state index contributed by atoms with van der Waals surface area (Å²) in [5, 5.41) is 4.03. The molecule has 1 amide bonds. The Morgan fingerprint density at radius 1 is 1.11 bits per heavy atom. The molecule has 6 nitrogen and oxygen atoms in total. The van der Waals surface area contributed by atoms with E-state index in [2.05, 4.69) is 78.8 Å². The molecule has 0 fully saturated rings. The summed E-state index contributed by atoms with van der Waals surface area (Å²) < 4.78 is 13.5. The summed E-state index contributed by atoms with van der Waals surface area (Å²) in [5.41, 5.74) is 5.49. The zero-order valence-electron chi connectivity index (χ0n) is 19.3. The van der Waals surface area contributed by atoms with E-state index in [0.717, 1.165) is 19.2 Å². The van der Waals surface area contributed by atoms with Crippen LogP contribution in [0, 0.1) is 10.5 Å². The smallest absolute Gasteiger partial charge is 0.344 e. The average molecular weight is 714 g/mol. The van der Waals surface area contributed by atoms with Gasteiger partial charge in [0.05, 0.1) is 16.3 Å². The van der Waals surface area contributed by atoms with Crippen LogP contribution in [0.5, 0.6) is 11.5 Å². The Bertz CT molecular complexity index is 1280. The van der Waals surface area contributed by atoms with Crippen LogP contribution in [-0.4, -0.2) is 24.7 Å². The summed E-state index contributed by atoms with van der Waals surface area (Å²) in [4.78, 5) is 25.1. The Morgan fingerprint density at radius 3 is 2.57 bits per heavy atom. The molecule has 35 heavy (non-hydrogen) atoms. The van der Waals surface area contributed by atoms with E-state index >= 15 is 0 Å². The first-order chi connectivity index (χ1) is 16.7. The first-order valence-electron chi connectivity index (χ1n) is 10.7. The highest BCUT2D eigenvalue weighted by Gasteiger charge is 2.17. The number of aryl methyl sites for hydroxylation is 1. The topological polar surface area (TPSA) is 77.0 Å². The number of esters is 1. The van der Waals surface area contributed by atoms with Crippen molar-refractivity contribution in [2.45, 2.75) is 26.7 Å². The van der Waals surface area contributed by atoms with Gasteiger partial charge in [0.25, 0.3) is 5.91 Å². The minimum Gasteiger partial charge on any atom is -0.483 e. The van der Waals surface area contributed by atoms with Gasteiger partial charge >= 0.3 is 5.97 Å². The van der Waals surface area contributed by atoms with Crippen molar-refractivity contribution in [2.24, 2.45) is 5.10 Å². The second-order valence-electron chi connectivity index (χ2n) is 7.95. The maximum absolute atomic E-state index is 12.7. The highest BCUT2D eigenvalue weighted by atomic mass is 127. The van der Waals surface area contributed by atoms with E-state index in [1.807, 2.05) is 37.3 Å². The van der Waals surface area contributed by atoms with Crippen LogP contribution in [-0.2, 0) is 4.79 Å². The van der Waals surface area contributed by atoms with Crippen LogP contribution < -0.4 is 14.9 Å². The molecule has 1 N–H and O–H groups in total. The number of carbonyl (C=O) groups is 2. The Balaban J connectivity index is 1.70. The molecule has 3 aromatic carbocycles. The average Bonchev–Trinajstić information content (AvgIpc) is 2.79. The summed E-state index contributed by atoms with van der Waals surface area (Å²) in [6, 6.07) is 16.6. The summed E-state index contributed by atoms with van der Waals surface area (Å²) in [7, 11) is 0. The molecule has 0 atom stereocenters. The summed E-state index contributed by atoms with van der Waals surface area (Å²) in [6.07, 6.45) is 1.41. The SMILES string of the molecule is Cc1ccc(C(C)C)c(OCC(=O)NN=Cc2cc(Br)cc(Br)c2OC(=O)c2ccccc2I)c1. The Labute approximate surface area is 234 Å². The lowest BCUT2D eigenvalue weighted by Crippen LogP contribution is -2.25. The van der Waals surface area contributed by atoms with Gasteiger partial charge in [0, 0.05) is 13.6 Å². The molecule has 0 bridgehead atoms. The molecule has 0 spiro atoms. The van der Waals surface area contributed by atoms with Gasteiger partial charge in [-0.3, -0.25) is 4.79 Å². The Kier molecular flexibility index (Phi) is 9.88. The zero-order chi connectivity index (χ0) is 25.5. The molecule has 0 radical (unpaired) electrons. The van der Waals surface area contributed by atoms with E-state index in [1.54, 1.807) is 24.3 Å². The molecule has 3 aromatic rings. The standard InChI is InChI=1S/C26H23Br2IN2O4/c1-15(2)19-9-8-16(3)10-23(19)34-14-24(32)31-30-13-17-11-18(27)12-21(28)25(17)35-26(33)20-6-4-5-7-22(20)29/h4-13,15H,14H2,1-3H3,(H,31,32). The lowest BCUT2D eigenvalue weighted by molar-refractivity contribution is -0.123. The molecular weight excluding hydrogens is 691 g/mol. The molecule has 182 valence electrons. The van der Waals surface area contributed by atoms with Gasteiger partial charge in [0.2, 0.25) is 0 Å². The predicted molar refractivity (Wildman–Crippen MR) is 152 cm³/mol. The van der Waals surface area contributed by atoms with E-state index in [4.69, 9.17) is 9.47 Å². The zero-order valence-corrected chi connectivity index (χ0v) is 24.6. The molecule has 0 saturated heterocycles. The van der Waals surface area contributed by atoms with Crippen molar-refractivity contribution in [2.75, 3.05) is 6.61 Å². The van der Waals surface area contributed by atoms with Crippen LogP contribution in [0.4, 0.5) is 0 Å². The molecule has 0 aliphatic heterocycles. The number of hydrogen-bond donors (Lipinski definition) is 1. The third-order valence-corrected chi connectivity index (χ3v) is 6.86. The predicted octanol–water partition coefficient (Wildman–Crippen LogP) is 7.00. The molecule has 0 heterocycles. The number of benzene rings is 3. The van der Waals surface area contributed by atoms with E-state index in [-0.39, 0.29) is 18.3 Å². The second kappa shape index (κ2) is 12.6. The third-order valence-electron chi connectivity index (χ3n) is 4.87. The fraction of sp³-hybridized carbons (Fsp3) is 0.192. The fourth-order valence-corrected chi connectivity index (χ4v) is 5.10. The van der Waals surface area contributed by atoms with Gasteiger partial charge in [-0.15, -0.1) is 0 Å². The largest absolute Gasteiger partial charge is 0.483 e. The van der Waals surface area contributed by atoms with E-state index < -0.39 is 11.9 Å². The number of nitrogens with zero attached hydrogens (tertiary/aromatic N) is 1. The van der Waals surface area contributed by atoms with Gasteiger partial charge < -0.3 is 9.47 Å². The van der Waals surface area contributed by atoms with Crippen molar-refractivity contribution in [3.05, 3.63) is 89.4 Å². The first-order valence-corrected chi connectivity index (χ1v) is 13.3. The monoisotopic (exact) mass is 712 g/mol. The molecule has 0 unspecified atom stereocenters. The fourth-order valence-electron chi connectivity index (χ4n) is 3.15. The van der Waals surface area contributed by atoms with Gasteiger partial charge in [-0.05, 0) is 92.8 Å². The number of ether oxygens (including phenoxy) is 2. The normalized spacial score (nSPS) is 11.1. The van der Waals surface area contributed by atoms with Crippen LogP contribution in [0.2, 0.25) is 0 Å².